The van der Waals surface area contributed by atoms with E-state index in [1.54, 1.807) is 74.5 Å². The number of ether oxygens (including phenoxy) is 3. The predicted molar refractivity (Wildman–Crippen MR) is 129 cm³/mol. The van der Waals surface area contributed by atoms with Gasteiger partial charge in [-0.15, -0.1) is 0 Å². The van der Waals surface area contributed by atoms with Crippen LogP contribution in [0.4, 0.5) is 0 Å². The zero-order chi connectivity index (χ0) is 23.7. The average molecular weight is 465 g/mol. The van der Waals surface area contributed by atoms with Crippen molar-refractivity contribution in [2.75, 3.05) is 13.2 Å². The van der Waals surface area contributed by atoms with E-state index in [0.29, 0.717) is 22.1 Å². The van der Waals surface area contributed by atoms with Crippen molar-refractivity contribution < 1.29 is 23.8 Å². The third kappa shape index (κ3) is 7.51. The Hall–Kier alpha value is -3.57. The Balaban J connectivity index is 1.42. The number of ketones is 1. The molecular formula is C27H25ClO5. The molecule has 0 aliphatic heterocycles. The Morgan fingerprint density at radius 2 is 1.48 bits per heavy atom. The molecule has 5 nitrogen and oxygen atoms in total. The van der Waals surface area contributed by atoms with E-state index < -0.39 is 11.6 Å². The Bertz CT molecular complexity index is 1090. The number of hydrogen-bond acceptors (Lipinski definition) is 5. The highest BCUT2D eigenvalue weighted by molar-refractivity contribution is 6.30. The van der Waals surface area contributed by atoms with Crippen molar-refractivity contribution >= 4 is 29.4 Å². The molecule has 0 heterocycles. The van der Waals surface area contributed by atoms with Crippen LogP contribution < -0.4 is 9.47 Å². The summed E-state index contributed by atoms with van der Waals surface area (Å²) in [6.07, 6.45) is 3.29. The van der Waals surface area contributed by atoms with Crippen molar-refractivity contribution in [1.82, 2.24) is 0 Å². The lowest BCUT2D eigenvalue weighted by Crippen LogP contribution is -2.40. The van der Waals surface area contributed by atoms with E-state index >= 15 is 0 Å². The van der Waals surface area contributed by atoms with Gasteiger partial charge >= 0.3 is 5.97 Å². The topological polar surface area (TPSA) is 61.8 Å². The fourth-order valence-corrected chi connectivity index (χ4v) is 2.98. The van der Waals surface area contributed by atoms with Crippen molar-refractivity contribution in [3.63, 3.8) is 0 Å². The molecule has 0 fully saturated rings. The monoisotopic (exact) mass is 464 g/mol. The van der Waals surface area contributed by atoms with Gasteiger partial charge in [-0.25, -0.2) is 4.79 Å². The van der Waals surface area contributed by atoms with Gasteiger partial charge in [0.25, 0.3) is 0 Å². The molecule has 0 saturated carbocycles. The molecule has 0 saturated heterocycles. The number of carbonyl (C=O) groups excluding carboxylic acids is 2. The van der Waals surface area contributed by atoms with E-state index in [1.807, 2.05) is 30.3 Å². The smallest absolute Gasteiger partial charge is 0.350 e. The van der Waals surface area contributed by atoms with Crippen LogP contribution in [0.2, 0.25) is 5.02 Å². The Kier molecular flexibility index (Phi) is 8.28. The van der Waals surface area contributed by atoms with Gasteiger partial charge in [0.15, 0.2) is 11.4 Å². The maximum absolute atomic E-state index is 12.4. The first kappa shape index (κ1) is 24.1. The van der Waals surface area contributed by atoms with Crippen molar-refractivity contribution in [2.45, 2.75) is 19.4 Å². The van der Waals surface area contributed by atoms with Gasteiger partial charge in [-0.05, 0) is 61.9 Å². The summed E-state index contributed by atoms with van der Waals surface area (Å²) >= 11 is 5.86. The van der Waals surface area contributed by atoms with Crippen molar-refractivity contribution in [3.8, 4) is 11.5 Å². The molecule has 3 rings (SSSR count). The molecule has 0 atom stereocenters. The van der Waals surface area contributed by atoms with Crippen LogP contribution in [-0.2, 0) is 9.53 Å². The number of carbonyl (C=O) groups is 2. The summed E-state index contributed by atoms with van der Waals surface area (Å²) in [5.74, 6) is 0.608. The van der Waals surface area contributed by atoms with Crippen LogP contribution in [0.1, 0.15) is 29.8 Å². The van der Waals surface area contributed by atoms with E-state index in [9.17, 15) is 9.59 Å². The van der Waals surface area contributed by atoms with Crippen molar-refractivity contribution in [3.05, 3.63) is 101 Å². The summed E-state index contributed by atoms with van der Waals surface area (Å²) in [7, 11) is 0. The summed E-state index contributed by atoms with van der Waals surface area (Å²) in [4.78, 5) is 24.5. The van der Waals surface area contributed by atoms with E-state index in [0.717, 1.165) is 5.56 Å². The largest absolute Gasteiger partial charge is 0.490 e. The fourth-order valence-electron chi connectivity index (χ4n) is 2.85. The lowest BCUT2D eigenvalue weighted by Gasteiger charge is -2.24. The van der Waals surface area contributed by atoms with E-state index in [2.05, 4.69) is 0 Å². The minimum atomic E-state index is -1.15. The quantitative estimate of drug-likeness (QED) is 0.159. The molecule has 0 radical (unpaired) electrons. The molecule has 0 aliphatic carbocycles. The van der Waals surface area contributed by atoms with Gasteiger partial charge in [0, 0.05) is 10.6 Å². The predicted octanol–water partition coefficient (Wildman–Crippen LogP) is 6.02. The Morgan fingerprint density at radius 1 is 0.848 bits per heavy atom. The van der Waals surface area contributed by atoms with E-state index in [-0.39, 0.29) is 19.0 Å². The third-order valence-corrected chi connectivity index (χ3v) is 4.88. The number of benzene rings is 3. The highest BCUT2D eigenvalue weighted by atomic mass is 35.5. The van der Waals surface area contributed by atoms with Gasteiger partial charge in [-0.1, -0.05) is 60.1 Å². The van der Waals surface area contributed by atoms with Crippen LogP contribution in [0, 0.1) is 0 Å². The molecule has 6 heteroatoms. The third-order valence-electron chi connectivity index (χ3n) is 4.63. The molecule has 0 N–H and O–H groups in total. The van der Waals surface area contributed by atoms with Gasteiger partial charge in [0.2, 0.25) is 0 Å². The first-order chi connectivity index (χ1) is 15.8. The van der Waals surface area contributed by atoms with Crippen molar-refractivity contribution in [1.29, 1.82) is 0 Å². The summed E-state index contributed by atoms with van der Waals surface area (Å²) in [5.41, 5.74) is 0.364. The maximum Gasteiger partial charge on any atom is 0.350 e. The first-order valence-corrected chi connectivity index (χ1v) is 10.8. The molecular weight excluding hydrogens is 440 g/mol. The van der Waals surface area contributed by atoms with Gasteiger partial charge in [0.1, 0.15) is 24.7 Å². The minimum absolute atomic E-state index is 0.0549. The molecule has 0 aliphatic rings. The number of halogens is 1. The Labute approximate surface area is 198 Å². The molecule has 0 bridgehead atoms. The highest BCUT2D eigenvalue weighted by Crippen LogP contribution is 2.22. The molecule has 170 valence electrons. The highest BCUT2D eigenvalue weighted by Gasteiger charge is 2.31. The van der Waals surface area contributed by atoms with Gasteiger partial charge in [0.05, 0.1) is 0 Å². The molecule has 3 aromatic rings. The van der Waals surface area contributed by atoms with Crippen LogP contribution in [0.3, 0.4) is 0 Å². The standard InChI is InChI=1S/C27H25ClO5/c1-27(2,33-24-15-11-22(28)12-16-24)26(30)32-19-18-31-23-13-8-20(9-14-23)10-17-25(29)21-6-4-3-5-7-21/h3-17H,18-19H2,1-2H3. The van der Waals surface area contributed by atoms with Gasteiger partial charge in [-0.3, -0.25) is 4.79 Å². The molecule has 0 amide bonds. The second-order valence-electron chi connectivity index (χ2n) is 7.68. The number of rotatable bonds is 10. The van der Waals surface area contributed by atoms with Crippen molar-refractivity contribution in [2.24, 2.45) is 0 Å². The summed E-state index contributed by atoms with van der Waals surface area (Å²) in [6, 6.07) is 23.1. The van der Waals surface area contributed by atoms with Crippen LogP contribution in [0.25, 0.3) is 6.08 Å². The van der Waals surface area contributed by atoms with E-state index in [4.69, 9.17) is 25.8 Å². The molecule has 3 aromatic carbocycles. The summed E-state index contributed by atoms with van der Waals surface area (Å²) in [5, 5.41) is 0.588. The zero-order valence-electron chi connectivity index (χ0n) is 18.5. The number of esters is 1. The average Bonchev–Trinajstić information content (AvgIpc) is 2.82. The van der Waals surface area contributed by atoms with Gasteiger partial charge < -0.3 is 14.2 Å². The van der Waals surface area contributed by atoms with Crippen LogP contribution >= 0.6 is 11.6 Å². The fraction of sp³-hybridized carbons (Fsp3) is 0.185. The second-order valence-corrected chi connectivity index (χ2v) is 8.12. The molecule has 0 spiro atoms. The second kappa shape index (κ2) is 11.3. The lowest BCUT2D eigenvalue weighted by molar-refractivity contribution is -0.160. The zero-order valence-corrected chi connectivity index (χ0v) is 19.2. The molecule has 0 unspecified atom stereocenters. The first-order valence-electron chi connectivity index (χ1n) is 10.5. The minimum Gasteiger partial charge on any atom is -0.490 e. The SMILES string of the molecule is CC(C)(Oc1ccc(Cl)cc1)C(=O)OCCOc1ccc(C=CC(=O)c2ccccc2)cc1. The van der Waals surface area contributed by atoms with E-state index in [1.165, 1.54) is 0 Å². The summed E-state index contributed by atoms with van der Waals surface area (Å²) < 4.78 is 16.6. The van der Waals surface area contributed by atoms with Gasteiger partial charge in [-0.2, -0.15) is 0 Å². The molecule has 33 heavy (non-hydrogen) atoms. The maximum atomic E-state index is 12.4. The van der Waals surface area contributed by atoms with Crippen LogP contribution in [-0.4, -0.2) is 30.6 Å². The number of allylic oxidation sites excluding steroid dienone is 1. The number of hydrogen-bond donors (Lipinski definition) is 0. The van der Waals surface area contributed by atoms with Crippen LogP contribution in [0.15, 0.2) is 84.9 Å². The lowest BCUT2D eigenvalue weighted by atomic mass is 10.1. The molecule has 0 aromatic heterocycles. The van der Waals surface area contributed by atoms with Crippen LogP contribution in [0.5, 0.6) is 11.5 Å². The Morgan fingerprint density at radius 3 is 2.15 bits per heavy atom. The summed E-state index contributed by atoms with van der Waals surface area (Å²) in [6.45, 7) is 3.56. The normalized spacial score (nSPS) is 11.2.